The van der Waals surface area contributed by atoms with E-state index in [2.05, 4.69) is 40.9 Å². The Hall–Kier alpha value is -1.57. The van der Waals surface area contributed by atoms with Crippen LogP contribution in [0.2, 0.25) is 0 Å². The van der Waals surface area contributed by atoms with Crippen molar-refractivity contribution in [1.29, 1.82) is 0 Å². The maximum Gasteiger partial charge on any atom is 0.0419 e. The first-order chi connectivity index (χ1) is 6.83. The van der Waals surface area contributed by atoms with Crippen LogP contribution in [0.25, 0.3) is 0 Å². The van der Waals surface area contributed by atoms with E-state index in [9.17, 15) is 0 Å². The Morgan fingerprint density at radius 3 is 2.71 bits per heavy atom. The second-order valence-electron chi connectivity index (χ2n) is 3.20. The van der Waals surface area contributed by atoms with E-state index in [4.69, 9.17) is 0 Å². The predicted octanol–water partition coefficient (Wildman–Crippen LogP) is 2.33. The fourth-order valence-electron chi connectivity index (χ4n) is 1.19. The molecule has 14 heavy (non-hydrogen) atoms. The number of hydrogen-bond acceptors (Lipinski definition) is 2. The van der Waals surface area contributed by atoms with Crippen LogP contribution in [0.4, 0.5) is 0 Å². The van der Waals surface area contributed by atoms with Gasteiger partial charge in [-0.1, -0.05) is 30.3 Å². The van der Waals surface area contributed by atoms with Crippen molar-refractivity contribution in [3.8, 4) is 0 Å². The minimum Gasteiger partial charge on any atom is -0.379 e. The van der Waals surface area contributed by atoms with Gasteiger partial charge < -0.3 is 4.90 Å². The van der Waals surface area contributed by atoms with Crippen LogP contribution >= 0.6 is 0 Å². The largest absolute Gasteiger partial charge is 0.379 e. The number of rotatable bonds is 5. The number of benzene rings is 1. The molecule has 74 valence electrons. The average molecular weight is 188 g/mol. The Morgan fingerprint density at radius 2 is 2.07 bits per heavy atom. The number of likely N-dealkylation sites (N-methyl/N-ethyl adjacent to an activating group) is 1. The first-order valence-electron chi connectivity index (χ1n) is 4.69. The standard InChI is InChI=1S/C12H16N2/c1-13-9-11-14(2)10-8-12-6-4-3-5-7-12/h3-7,9,11H,1,8,10H2,2H3/b11-9-. The molecule has 0 saturated carbocycles. The van der Waals surface area contributed by atoms with Crippen molar-refractivity contribution >= 4 is 6.72 Å². The highest BCUT2D eigenvalue weighted by atomic mass is 15.1. The monoisotopic (exact) mass is 188 g/mol. The smallest absolute Gasteiger partial charge is 0.0419 e. The van der Waals surface area contributed by atoms with Gasteiger partial charge in [0.1, 0.15) is 0 Å². The van der Waals surface area contributed by atoms with E-state index in [1.807, 2.05) is 19.3 Å². The van der Waals surface area contributed by atoms with Gasteiger partial charge in [-0.15, -0.1) is 0 Å². The lowest BCUT2D eigenvalue weighted by Gasteiger charge is -2.12. The van der Waals surface area contributed by atoms with Gasteiger partial charge in [0.25, 0.3) is 0 Å². The minimum atomic E-state index is 0.996. The predicted molar refractivity (Wildman–Crippen MR) is 61.5 cm³/mol. The molecule has 0 amide bonds. The van der Waals surface area contributed by atoms with Crippen LogP contribution < -0.4 is 0 Å². The normalized spacial score (nSPS) is 10.4. The van der Waals surface area contributed by atoms with Gasteiger partial charge in [0, 0.05) is 26.0 Å². The Balaban J connectivity index is 2.34. The summed E-state index contributed by atoms with van der Waals surface area (Å²) in [4.78, 5) is 5.76. The van der Waals surface area contributed by atoms with Crippen molar-refractivity contribution in [3.63, 3.8) is 0 Å². The molecule has 0 radical (unpaired) electrons. The summed E-state index contributed by atoms with van der Waals surface area (Å²) in [5.41, 5.74) is 1.36. The summed E-state index contributed by atoms with van der Waals surface area (Å²) < 4.78 is 0. The van der Waals surface area contributed by atoms with Gasteiger partial charge in [0.05, 0.1) is 0 Å². The van der Waals surface area contributed by atoms with Crippen LogP contribution in [-0.2, 0) is 6.42 Å². The average Bonchev–Trinajstić information content (AvgIpc) is 2.25. The van der Waals surface area contributed by atoms with Crippen molar-refractivity contribution in [2.75, 3.05) is 13.6 Å². The zero-order chi connectivity index (χ0) is 10.2. The van der Waals surface area contributed by atoms with Crippen LogP contribution in [0.1, 0.15) is 5.56 Å². The molecule has 0 aliphatic rings. The SMILES string of the molecule is C=N/C=C\N(C)CCc1ccccc1. The zero-order valence-electron chi connectivity index (χ0n) is 8.56. The van der Waals surface area contributed by atoms with Crippen LogP contribution in [0.3, 0.4) is 0 Å². The second-order valence-corrected chi connectivity index (χ2v) is 3.20. The lowest BCUT2D eigenvalue weighted by atomic mass is 10.1. The minimum absolute atomic E-state index is 0.996. The highest BCUT2D eigenvalue weighted by Gasteiger charge is 1.93. The van der Waals surface area contributed by atoms with Crippen LogP contribution in [0.5, 0.6) is 0 Å². The molecule has 0 spiro atoms. The summed E-state index contributed by atoms with van der Waals surface area (Å²) >= 11 is 0. The van der Waals surface area contributed by atoms with E-state index in [-0.39, 0.29) is 0 Å². The summed E-state index contributed by atoms with van der Waals surface area (Å²) in [7, 11) is 2.03. The van der Waals surface area contributed by atoms with Crippen molar-refractivity contribution in [2.24, 2.45) is 4.99 Å². The van der Waals surface area contributed by atoms with E-state index >= 15 is 0 Å². The lowest BCUT2D eigenvalue weighted by Crippen LogP contribution is -2.14. The zero-order valence-corrected chi connectivity index (χ0v) is 8.56. The molecule has 0 aliphatic carbocycles. The maximum atomic E-state index is 3.66. The highest BCUT2D eigenvalue weighted by Crippen LogP contribution is 2.00. The Kier molecular flexibility index (Phi) is 4.48. The Bertz CT molecular complexity index is 290. The van der Waals surface area contributed by atoms with Gasteiger partial charge in [-0.05, 0) is 18.7 Å². The molecule has 0 aliphatic heterocycles. The molecule has 0 N–H and O–H groups in total. The molecule has 0 aromatic heterocycles. The highest BCUT2D eigenvalue weighted by molar-refractivity contribution is 5.25. The Morgan fingerprint density at radius 1 is 1.36 bits per heavy atom. The first kappa shape index (κ1) is 10.5. The van der Waals surface area contributed by atoms with Crippen LogP contribution in [0, 0.1) is 0 Å². The van der Waals surface area contributed by atoms with Gasteiger partial charge in [-0.2, -0.15) is 0 Å². The van der Waals surface area contributed by atoms with Crippen molar-refractivity contribution in [3.05, 3.63) is 48.3 Å². The van der Waals surface area contributed by atoms with Crippen molar-refractivity contribution in [2.45, 2.75) is 6.42 Å². The summed E-state index contributed by atoms with van der Waals surface area (Å²) in [6.45, 7) is 4.38. The molecule has 2 nitrogen and oxygen atoms in total. The number of nitrogens with zero attached hydrogens (tertiary/aromatic N) is 2. The molecule has 1 rings (SSSR count). The maximum absolute atomic E-state index is 3.66. The van der Waals surface area contributed by atoms with Gasteiger partial charge in [-0.3, -0.25) is 4.99 Å². The fourth-order valence-corrected chi connectivity index (χ4v) is 1.19. The third-order valence-corrected chi connectivity index (χ3v) is 2.02. The van der Waals surface area contributed by atoms with E-state index in [0.717, 1.165) is 13.0 Å². The van der Waals surface area contributed by atoms with E-state index in [1.54, 1.807) is 6.20 Å². The molecule has 0 saturated heterocycles. The van der Waals surface area contributed by atoms with Gasteiger partial charge in [0.2, 0.25) is 0 Å². The first-order valence-corrected chi connectivity index (χ1v) is 4.69. The summed E-state index contributed by atoms with van der Waals surface area (Å²) in [5, 5.41) is 0. The van der Waals surface area contributed by atoms with Gasteiger partial charge >= 0.3 is 0 Å². The molecule has 0 unspecified atom stereocenters. The molecule has 0 heterocycles. The lowest BCUT2D eigenvalue weighted by molar-refractivity contribution is 0.460. The topological polar surface area (TPSA) is 15.6 Å². The summed E-state index contributed by atoms with van der Waals surface area (Å²) in [5.74, 6) is 0. The molecule has 0 atom stereocenters. The molecule has 0 bridgehead atoms. The molecular formula is C12H16N2. The van der Waals surface area contributed by atoms with E-state index in [1.165, 1.54) is 5.56 Å². The number of hydrogen-bond donors (Lipinski definition) is 0. The van der Waals surface area contributed by atoms with E-state index in [0.29, 0.717) is 0 Å². The van der Waals surface area contributed by atoms with Gasteiger partial charge in [-0.25, -0.2) is 0 Å². The number of aliphatic imine (C=N–C) groups is 1. The molecule has 2 heteroatoms. The van der Waals surface area contributed by atoms with Gasteiger partial charge in [0.15, 0.2) is 0 Å². The van der Waals surface area contributed by atoms with E-state index < -0.39 is 0 Å². The van der Waals surface area contributed by atoms with Crippen LogP contribution in [0.15, 0.2) is 47.7 Å². The Labute approximate surface area is 85.6 Å². The summed E-state index contributed by atoms with van der Waals surface area (Å²) in [6, 6.07) is 10.5. The quantitative estimate of drug-likeness (QED) is 0.647. The van der Waals surface area contributed by atoms with Crippen molar-refractivity contribution < 1.29 is 0 Å². The molecule has 1 aromatic rings. The molecule has 0 fully saturated rings. The van der Waals surface area contributed by atoms with Crippen LogP contribution in [-0.4, -0.2) is 25.2 Å². The van der Waals surface area contributed by atoms with Crippen molar-refractivity contribution in [1.82, 2.24) is 4.90 Å². The second kappa shape index (κ2) is 5.97. The molecular weight excluding hydrogens is 172 g/mol. The summed E-state index contributed by atoms with van der Waals surface area (Å²) in [6.07, 6.45) is 4.68. The fraction of sp³-hybridized carbons (Fsp3) is 0.250. The molecule has 1 aromatic carbocycles. The third-order valence-electron chi connectivity index (χ3n) is 2.02. The third kappa shape index (κ3) is 3.90.